The third kappa shape index (κ3) is 6.63. The molecule has 4 heteroatoms. The number of anilines is 1. The van der Waals surface area contributed by atoms with Gasteiger partial charge >= 0.3 is 0 Å². The van der Waals surface area contributed by atoms with Crippen molar-refractivity contribution in [3.63, 3.8) is 0 Å². The molecule has 0 atom stereocenters. The van der Waals surface area contributed by atoms with E-state index < -0.39 is 0 Å². The monoisotopic (exact) mass is 292 g/mol. The summed E-state index contributed by atoms with van der Waals surface area (Å²) in [5.74, 6) is 0.711. The van der Waals surface area contributed by atoms with Crippen molar-refractivity contribution in [1.82, 2.24) is 4.90 Å². The first kappa shape index (κ1) is 17.5. The number of hydrogen-bond acceptors (Lipinski definition) is 3. The molecule has 0 fully saturated rings. The predicted molar refractivity (Wildman–Crippen MR) is 87.9 cm³/mol. The first-order chi connectivity index (χ1) is 10.2. The molecule has 0 aliphatic heterocycles. The maximum absolute atomic E-state index is 12.2. The fourth-order valence-corrected chi connectivity index (χ4v) is 2.31. The van der Waals surface area contributed by atoms with E-state index in [1.54, 1.807) is 7.11 Å². The molecular formula is C17H28N2O2. The minimum Gasteiger partial charge on any atom is -0.495 e. The molecule has 0 radical (unpaired) electrons. The van der Waals surface area contributed by atoms with Crippen molar-refractivity contribution in [3.05, 3.63) is 24.3 Å². The first-order valence-electron chi connectivity index (χ1n) is 7.86. The minimum absolute atomic E-state index is 0.0180. The molecule has 0 heterocycles. The minimum atomic E-state index is 0.0180. The summed E-state index contributed by atoms with van der Waals surface area (Å²) < 4.78 is 5.25. The second-order valence-corrected chi connectivity index (χ2v) is 5.23. The van der Waals surface area contributed by atoms with Crippen LogP contribution in [0, 0.1) is 0 Å². The van der Waals surface area contributed by atoms with Crippen LogP contribution in [0.2, 0.25) is 0 Å². The number of carbonyl (C=O) groups excluding carboxylic acids is 1. The van der Waals surface area contributed by atoms with Gasteiger partial charge in [-0.05, 0) is 38.1 Å². The molecule has 0 spiro atoms. The van der Waals surface area contributed by atoms with Gasteiger partial charge in [0.1, 0.15) is 5.75 Å². The Hall–Kier alpha value is -1.55. The number of rotatable bonds is 10. The smallest absolute Gasteiger partial charge is 0.238 e. The van der Waals surface area contributed by atoms with Gasteiger partial charge in [-0.15, -0.1) is 0 Å². The first-order valence-corrected chi connectivity index (χ1v) is 7.86. The van der Waals surface area contributed by atoms with E-state index in [1.807, 2.05) is 24.3 Å². The van der Waals surface area contributed by atoms with Gasteiger partial charge in [0.15, 0.2) is 0 Å². The quantitative estimate of drug-likeness (QED) is 0.671. The molecule has 0 aliphatic carbocycles. The van der Waals surface area contributed by atoms with Crippen LogP contribution < -0.4 is 10.1 Å². The van der Waals surface area contributed by atoms with Gasteiger partial charge in [-0.25, -0.2) is 0 Å². The number of nitrogens with one attached hydrogen (secondary N) is 1. The average molecular weight is 292 g/mol. The Kier molecular flexibility index (Phi) is 8.51. The molecular weight excluding hydrogens is 264 g/mol. The van der Waals surface area contributed by atoms with Gasteiger partial charge in [0.05, 0.1) is 19.3 Å². The number of para-hydroxylation sites is 2. The van der Waals surface area contributed by atoms with E-state index in [1.165, 1.54) is 12.8 Å². The largest absolute Gasteiger partial charge is 0.495 e. The second kappa shape index (κ2) is 10.2. The van der Waals surface area contributed by atoms with Crippen molar-refractivity contribution in [2.75, 3.05) is 32.1 Å². The highest BCUT2D eigenvalue weighted by Gasteiger charge is 2.11. The van der Waals surface area contributed by atoms with E-state index >= 15 is 0 Å². The summed E-state index contributed by atoms with van der Waals surface area (Å²) in [7, 11) is 1.61. The van der Waals surface area contributed by atoms with Crippen molar-refractivity contribution >= 4 is 11.6 Å². The Morgan fingerprint density at radius 2 is 1.90 bits per heavy atom. The zero-order valence-electron chi connectivity index (χ0n) is 13.5. The van der Waals surface area contributed by atoms with Crippen LogP contribution >= 0.6 is 0 Å². The lowest BCUT2D eigenvalue weighted by molar-refractivity contribution is -0.117. The highest BCUT2D eigenvalue weighted by Crippen LogP contribution is 2.22. The molecule has 0 unspecified atom stereocenters. The summed E-state index contributed by atoms with van der Waals surface area (Å²) in [6.45, 7) is 6.73. The molecule has 0 bridgehead atoms. The highest BCUT2D eigenvalue weighted by atomic mass is 16.5. The number of carbonyl (C=O) groups is 1. The molecule has 1 N–H and O–H groups in total. The van der Waals surface area contributed by atoms with Crippen LogP contribution in [0.5, 0.6) is 5.75 Å². The molecule has 118 valence electrons. The molecule has 1 aromatic rings. The van der Waals surface area contributed by atoms with E-state index in [4.69, 9.17) is 4.74 Å². The number of hydrogen-bond donors (Lipinski definition) is 1. The second-order valence-electron chi connectivity index (χ2n) is 5.23. The number of amides is 1. The Bertz CT molecular complexity index is 421. The molecule has 0 aliphatic rings. The fraction of sp³-hybridized carbons (Fsp3) is 0.588. The summed E-state index contributed by atoms with van der Waals surface area (Å²) in [6.07, 6.45) is 4.63. The van der Waals surface area contributed by atoms with Crippen molar-refractivity contribution in [3.8, 4) is 5.75 Å². The third-order valence-corrected chi connectivity index (χ3v) is 3.37. The van der Waals surface area contributed by atoms with E-state index in [2.05, 4.69) is 24.1 Å². The van der Waals surface area contributed by atoms with Gasteiger partial charge < -0.3 is 10.1 Å². The van der Waals surface area contributed by atoms with E-state index in [9.17, 15) is 4.79 Å². The lowest BCUT2D eigenvalue weighted by Gasteiger charge is -2.21. The third-order valence-electron chi connectivity index (χ3n) is 3.37. The average Bonchev–Trinajstić information content (AvgIpc) is 2.48. The number of nitrogens with zero attached hydrogens (tertiary/aromatic N) is 1. The van der Waals surface area contributed by atoms with Crippen LogP contribution in [0.3, 0.4) is 0 Å². The van der Waals surface area contributed by atoms with Crippen LogP contribution in [0.25, 0.3) is 0 Å². The zero-order chi connectivity index (χ0) is 15.5. The molecule has 0 saturated heterocycles. The maximum atomic E-state index is 12.2. The van der Waals surface area contributed by atoms with E-state index in [-0.39, 0.29) is 5.91 Å². The lowest BCUT2D eigenvalue weighted by Crippen LogP contribution is -2.34. The van der Waals surface area contributed by atoms with Crippen molar-refractivity contribution in [2.45, 2.75) is 39.5 Å². The number of ether oxygens (including phenoxy) is 1. The van der Waals surface area contributed by atoms with E-state index in [0.717, 1.165) is 31.6 Å². The van der Waals surface area contributed by atoms with Gasteiger partial charge in [-0.3, -0.25) is 9.69 Å². The van der Waals surface area contributed by atoms with Crippen molar-refractivity contribution in [1.29, 1.82) is 0 Å². The van der Waals surface area contributed by atoms with Gasteiger partial charge in [-0.2, -0.15) is 0 Å². The molecule has 0 aromatic heterocycles. The summed E-state index contributed by atoms with van der Waals surface area (Å²) in [5.41, 5.74) is 0.731. The van der Waals surface area contributed by atoms with Crippen LogP contribution in [-0.2, 0) is 4.79 Å². The molecule has 0 saturated carbocycles. The normalized spacial score (nSPS) is 10.7. The Labute approximate surface area is 128 Å². The van der Waals surface area contributed by atoms with Crippen LogP contribution in [0.15, 0.2) is 24.3 Å². The summed E-state index contributed by atoms with van der Waals surface area (Å²) >= 11 is 0. The van der Waals surface area contributed by atoms with Gasteiger partial charge in [0, 0.05) is 0 Å². The molecule has 1 rings (SSSR count). The van der Waals surface area contributed by atoms with Gasteiger partial charge in [0.25, 0.3) is 0 Å². The predicted octanol–water partition coefficient (Wildman–Crippen LogP) is 3.54. The molecule has 4 nitrogen and oxygen atoms in total. The van der Waals surface area contributed by atoms with Crippen LogP contribution in [0.4, 0.5) is 5.69 Å². The summed E-state index contributed by atoms with van der Waals surface area (Å²) in [4.78, 5) is 14.4. The number of benzene rings is 1. The van der Waals surface area contributed by atoms with Crippen molar-refractivity contribution in [2.24, 2.45) is 0 Å². The van der Waals surface area contributed by atoms with Crippen LogP contribution in [0.1, 0.15) is 39.5 Å². The zero-order valence-corrected chi connectivity index (χ0v) is 13.5. The topological polar surface area (TPSA) is 41.6 Å². The summed E-state index contributed by atoms with van der Waals surface area (Å²) in [6, 6.07) is 7.49. The molecule has 1 amide bonds. The fourth-order valence-electron chi connectivity index (χ4n) is 2.31. The van der Waals surface area contributed by atoms with Gasteiger partial charge in [0.2, 0.25) is 5.91 Å². The maximum Gasteiger partial charge on any atom is 0.238 e. The lowest BCUT2D eigenvalue weighted by atomic mass is 10.2. The molecule has 1 aromatic carbocycles. The Balaban J connectivity index is 2.52. The van der Waals surface area contributed by atoms with Crippen LogP contribution in [-0.4, -0.2) is 37.6 Å². The highest BCUT2D eigenvalue weighted by molar-refractivity contribution is 5.93. The number of methoxy groups -OCH3 is 1. The SMILES string of the molecule is CCCCCN(CCC)CC(=O)Nc1ccccc1OC. The Morgan fingerprint density at radius 1 is 1.14 bits per heavy atom. The standard InChI is InChI=1S/C17H28N2O2/c1-4-6-9-13-19(12-5-2)14-17(20)18-15-10-7-8-11-16(15)21-3/h7-8,10-11H,4-6,9,12-14H2,1-3H3,(H,18,20). The summed E-state index contributed by atoms with van der Waals surface area (Å²) in [5, 5.41) is 2.94. The number of unbranched alkanes of at least 4 members (excludes halogenated alkanes) is 2. The van der Waals surface area contributed by atoms with Gasteiger partial charge in [-0.1, -0.05) is 38.8 Å². The van der Waals surface area contributed by atoms with Crippen molar-refractivity contribution < 1.29 is 9.53 Å². The Morgan fingerprint density at radius 3 is 2.57 bits per heavy atom. The molecule has 21 heavy (non-hydrogen) atoms. The van der Waals surface area contributed by atoms with E-state index in [0.29, 0.717) is 12.3 Å².